The Hall–Kier alpha value is -2.00. The van der Waals surface area contributed by atoms with Gasteiger partial charge in [0.1, 0.15) is 12.6 Å². The molecular weight excluding hydrogens is 545 g/mol. The number of nitrogens with zero attached hydrogens (tertiary/aromatic N) is 2. The molecule has 1 fully saturated rings. The maximum Gasteiger partial charge on any atom is 0.244 e. The predicted molar refractivity (Wildman–Crippen MR) is 145 cm³/mol. The van der Waals surface area contributed by atoms with Crippen LogP contribution in [0.3, 0.4) is 0 Å². The van der Waals surface area contributed by atoms with Crippen molar-refractivity contribution in [1.82, 2.24) is 10.2 Å². The standard InChI is InChI=1S/C25H30Cl3N3O4S/c1-16-8-11-21(13-22(16)27)31(36(3,34)35)15-24(32)30(14-18-9-10-19(26)12-23(18)28)17(2)25(33)29-20-6-4-5-7-20/h8-13,17,20H,4-7,14-15H2,1-3H3,(H,29,33)/t17-/m0/s1. The molecule has 1 aliphatic carbocycles. The summed E-state index contributed by atoms with van der Waals surface area (Å²) in [6, 6.07) is 8.86. The number of halogens is 3. The van der Waals surface area contributed by atoms with Crippen molar-refractivity contribution in [3.8, 4) is 0 Å². The number of aryl methyl sites for hydroxylation is 1. The Balaban J connectivity index is 1.92. The third-order valence-corrected chi connectivity index (χ3v) is 8.48. The summed E-state index contributed by atoms with van der Waals surface area (Å²) in [5.41, 5.74) is 1.62. The van der Waals surface area contributed by atoms with E-state index >= 15 is 0 Å². The first-order valence-corrected chi connectivity index (χ1v) is 14.6. The van der Waals surface area contributed by atoms with Crippen LogP contribution in [0.1, 0.15) is 43.7 Å². The number of rotatable bonds is 9. The highest BCUT2D eigenvalue weighted by Gasteiger charge is 2.31. The molecule has 1 N–H and O–H groups in total. The van der Waals surface area contributed by atoms with E-state index in [0.717, 1.165) is 41.8 Å². The summed E-state index contributed by atoms with van der Waals surface area (Å²) in [6.45, 7) is 2.91. The number of carbonyl (C=O) groups is 2. The molecule has 0 unspecified atom stereocenters. The quantitative estimate of drug-likeness (QED) is 0.446. The molecule has 0 heterocycles. The smallest absolute Gasteiger partial charge is 0.244 e. The van der Waals surface area contributed by atoms with Gasteiger partial charge < -0.3 is 10.2 Å². The summed E-state index contributed by atoms with van der Waals surface area (Å²) >= 11 is 18.6. The molecule has 0 radical (unpaired) electrons. The third kappa shape index (κ3) is 7.28. The van der Waals surface area contributed by atoms with Gasteiger partial charge in [-0.3, -0.25) is 13.9 Å². The predicted octanol–water partition coefficient (Wildman–Crippen LogP) is 5.20. The summed E-state index contributed by atoms with van der Waals surface area (Å²) in [6.07, 6.45) is 4.90. The maximum atomic E-state index is 13.6. The van der Waals surface area contributed by atoms with Gasteiger partial charge in [0.15, 0.2) is 0 Å². The number of benzene rings is 2. The number of hydrogen-bond acceptors (Lipinski definition) is 4. The maximum absolute atomic E-state index is 13.6. The molecule has 1 saturated carbocycles. The average Bonchev–Trinajstić information content (AvgIpc) is 3.30. The molecule has 7 nitrogen and oxygen atoms in total. The largest absolute Gasteiger partial charge is 0.352 e. The molecule has 2 aromatic rings. The number of nitrogens with one attached hydrogen (secondary N) is 1. The second kappa shape index (κ2) is 12.0. The summed E-state index contributed by atoms with van der Waals surface area (Å²) in [5, 5.41) is 4.17. The minimum atomic E-state index is -3.84. The van der Waals surface area contributed by atoms with Crippen LogP contribution < -0.4 is 9.62 Å². The van der Waals surface area contributed by atoms with Crippen LogP contribution in [-0.2, 0) is 26.2 Å². The molecule has 0 spiro atoms. The topological polar surface area (TPSA) is 86.8 Å². The molecule has 0 aromatic heterocycles. The van der Waals surface area contributed by atoms with E-state index in [2.05, 4.69) is 5.32 Å². The Morgan fingerprint density at radius 3 is 2.31 bits per heavy atom. The van der Waals surface area contributed by atoms with Crippen LogP contribution in [0, 0.1) is 6.92 Å². The number of sulfonamides is 1. The van der Waals surface area contributed by atoms with Crippen LogP contribution in [0.15, 0.2) is 36.4 Å². The van der Waals surface area contributed by atoms with Gasteiger partial charge in [-0.15, -0.1) is 0 Å². The molecule has 3 rings (SSSR count). The van der Waals surface area contributed by atoms with Crippen LogP contribution in [-0.4, -0.2) is 50.0 Å². The first kappa shape index (κ1) is 28.6. The summed E-state index contributed by atoms with van der Waals surface area (Å²) in [4.78, 5) is 28.1. The second-order valence-corrected chi connectivity index (χ2v) is 12.3. The molecule has 36 heavy (non-hydrogen) atoms. The fourth-order valence-electron chi connectivity index (χ4n) is 4.16. The van der Waals surface area contributed by atoms with E-state index in [0.29, 0.717) is 20.6 Å². The van der Waals surface area contributed by atoms with E-state index in [1.54, 1.807) is 44.2 Å². The van der Waals surface area contributed by atoms with E-state index in [4.69, 9.17) is 34.8 Å². The van der Waals surface area contributed by atoms with E-state index in [1.807, 2.05) is 0 Å². The normalized spacial score (nSPS) is 14.9. The highest BCUT2D eigenvalue weighted by Crippen LogP contribution is 2.27. The van der Waals surface area contributed by atoms with Crippen molar-refractivity contribution in [3.05, 3.63) is 62.6 Å². The van der Waals surface area contributed by atoms with Crippen molar-refractivity contribution < 1.29 is 18.0 Å². The van der Waals surface area contributed by atoms with Crippen LogP contribution >= 0.6 is 34.8 Å². The second-order valence-electron chi connectivity index (χ2n) is 9.13. The van der Waals surface area contributed by atoms with Gasteiger partial charge in [-0.1, -0.05) is 59.8 Å². The zero-order valence-electron chi connectivity index (χ0n) is 20.4. The molecule has 11 heteroatoms. The fraction of sp³-hybridized carbons (Fsp3) is 0.440. The highest BCUT2D eigenvalue weighted by atomic mass is 35.5. The number of anilines is 1. The molecule has 1 atom stereocenters. The number of carbonyl (C=O) groups excluding carboxylic acids is 2. The SMILES string of the molecule is Cc1ccc(N(CC(=O)N(Cc2ccc(Cl)cc2Cl)[C@@H](C)C(=O)NC2CCCC2)S(C)(=O)=O)cc1Cl. The molecule has 2 amide bonds. The summed E-state index contributed by atoms with van der Waals surface area (Å²) < 4.78 is 26.3. The Kier molecular flexibility index (Phi) is 9.55. The monoisotopic (exact) mass is 573 g/mol. The van der Waals surface area contributed by atoms with E-state index in [-0.39, 0.29) is 24.2 Å². The lowest BCUT2D eigenvalue weighted by atomic mass is 10.1. The molecule has 0 saturated heterocycles. The van der Waals surface area contributed by atoms with Gasteiger partial charge in [-0.05, 0) is 62.1 Å². The fourth-order valence-corrected chi connectivity index (χ4v) is 5.64. The van der Waals surface area contributed by atoms with Crippen molar-refractivity contribution in [2.75, 3.05) is 17.1 Å². The lowest BCUT2D eigenvalue weighted by Crippen LogP contribution is -2.52. The zero-order chi connectivity index (χ0) is 26.6. The van der Waals surface area contributed by atoms with Gasteiger partial charge in [0.2, 0.25) is 21.8 Å². The molecular formula is C25H30Cl3N3O4S. The first-order chi connectivity index (χ1) is 16.9. The summed E-state index contributed by atoms with van der Waals surface area (Å²) in [7, 11) is -3.84. The minimum absolute atomic E-state index is 0.000342. The van der Waals surface area contributed by atoms with E-state index < -0.39 is 28.5 Å². The number of hydrogen-bond donors (Lipinski definition) is 1. The van der Waals surface area contributed by atoms with Crippen LogP contribution in [0.5, 0.6) is 0 Å². The van der Waals surface area contributed by atoms with Crippen LogP contribution in [0.4, 0.5) is 5.69 Å². The molecule has 0 aliphatic heterocycles. The van der Waals surface area contributed by atoms with Gasteiger partial charge >= 0.3 is 0 Å². The minimum Gasteiger partial charge on any atom is -0.352 e. The molecule has 196 valence electrons. The first-order valence-electron chi connectivity index (χ1n) is 11.6. The molecule has 1 aliphatic rings. The Bertz CT molecular complexity index is 1230. The third-order valence-electron chi connectivity index (χ3n) is 6.35. The number of amides is 2. The van der Waals surface area contributed by atoms with Gasteiger partial charge in [0, 0.05) is 27.7 Å². The zero-order valence-corrected chi connectivity index (χ0v) is 23.5. The van der Waals surface area contributed by atoms with Crippen molar-refractivity contribution in [2.24, 2.45) is 0 Å². The van der Waals surface area contributed by atoms with Crippen molar-refractivity contribution in [2.45, 2.75) is 58.2 Å². The van der Waals surface area contributed by atoms with Crippen molar-refractivity contribution in [3.63, 3.8) is 0 Å². The van der Waals surface area contributed by atoms with E-state index in [1.165, 1.54) is 11.0 Å². The van der Waals surface area contributed by atoms with Crippen molar-refractivity contribution in [1.29, 1.82) is 0 Å². The lowest BCUT2D eigenvalue weighted by Gasteiger charge is -2.32. The van der Waals surface area contributed by atoms with Gasteiger partial charge in [0.25, 0.3) is 0 Å². The summed E-state index contributed by atoms with van der Waals surface area (Å²) in [5.74, 6) is -0.859. The average molecular weight is 575 g/mol. The van der Waals surface area contributed by atoms with Crippen molar-refractivity contribution >= 4 is 62.3 Å². The van der Waals surface area contributed by atoms with Gasteiger partial charge in [0.05, 0.1) is 11.9 Å². The Morgan fingerprint density at radius 2 is 1.72 bits per heavy atom. The van der Waals surface area contributed by atoms with Crippen LogP contribution in [0.2, 0.25) is 15.1 Å². The lowest BCUT2D eigenvalue weighted by molar-refractivity contribution is -0.139. The molecule has 0 bridgehead atoms. The molecule has 2 aromatic carbocycles. The Labute approximate surface area is 227 Å². The Morgan fingerprint density at radius 1 is 1.06 bits per heavy atom. The van der Waals surface area contributed by atoms with Gasteiger partial charge in [-0.25, -0.2) is 8.42 Å². The van der Waals surface area contributed by atoms with Gasteiger partial charge in [-0.2, -0.15) is 0 Å². The van der Waals surface area contributed by atoms with Crippen LogP contribution in [0.25, 0.3) is 0 Å². The van der Waals surface area contributed by atoms with E-state index in [9.17, 15) is 18.0 Å². The highest BCUT2D eigenvalue weighted by molar-refractivity contribution is 7.92.